The highest BCUT2D eigenvalue weighted by molar-refractivity contribution is 8.00. The van der Waals surface area contributed by atoms with E-state index in [2.05, 4.69) is 36.6 Å². The van der Waals surface area contributed by atoms with Crippen LogP contribution in [0.1, 0.15) is 26.3 Å². The summed E-state index contributed by atoms with van der Waals surface area (Å²) in [5.74, 6) is 0.155. The SMILES string of the molecule is CCn1c(SC(C)C(=O)N2c3ccccc3CC2C)nc2ccccc21. The van der Waals surface area contributed by atoms with Gasteiger partial charge in [0.25, 0.3) is 0 Å². The Morgan fingerprint density at radius 1 is 1.23 bits per heavy atom. The Morgan fingerprint density at radius 2 is 1.96 bits per heavy atom. The second-order valence-electron chi connectivity index (χ2n) is 6.78. The molecule has 4 nitrogen and oxygen atoms in total. The van der Waals surface area contributed by atoms with Gasteiger partial charge < -0.3 is 9.47 Å². The van der Waals surface area contributed by atoms with Crippen LogP contribution in [0.25, 0.3) is 11.0 Å². The summed E-state index contributed by atoms with van der Waals surface area (Å²) >= 11 is 1.55. The van der Waals surface area contributed by atoms with E-state index < -0.39 is 0 Å². The summed E-state index contributed by atoms with van der Waals surface area (Å²) < 4.78 is 2.19. The number of para-hydroxylation sites is 3. The number of imidazole rings is 1. The number of anilines is 1. The molecule has 4 rings (SSSR count). The van der Waals surface area contributed by atoms with E-state index >= 15 is 0 Å². The van der Waals surface area contributed by atoms with Gasteiger partial charge in [-0.2, -0.15) is 0 Å². The maximum absolute atomic E-state index is 13.2. The maximum Gasteiger partial charge on any atom is 0.240 e. The molecule has 0 spiro atoms. The van der Waals surface area contributed by atoms with Gasteiger partial charge in [-0.15, -0.1) is 0 Å². The van der Waals surface area contributed by atoms with Crippen molar-refractivity contribution in [3.63, 3.8) is 0 Å². The van der Waals surface area contributed by atoms with Crippen molar-refractivity contribution in [2.75, 3.05) is 4.90 Å². The number of hydrogen-bond acceptors (Lipinski definition) is 3. The average Bonchev–Trinajstić information content (AvgIpc) is 3.16. The molecule has 0 aliphatic carbocycles. The predicted octanol–water partition coefficient (Wildman–Crippen LogP) is 4.51. The van der Waals surface area contributed by atoms with Gasteiger partial charge in [-0.1, -0.05) is 42.1 Å². The van der Waals surface area contributed by atoms with Crippen LogP contribution in [0.2, 0.25) is 0 Å². The molecule has 2 aromatic carbocycles. The van der Waals surface area contributed by atoms with Gasteiger partial charge in [0.15, 0.2) is 5.16 Å². The van der Waals surface area contributed by atoms with Crippen molar-refractivity contribution < 1.29 is 4.79 Å². The van der Waals surface area contributed by atoms with Crippen LogP contribution >= 0.6 is 11.8 Å². The summed E-state index contributed by atoms with van der Waals surface area (Å²) in [5, 5.41) is 0.723. The monoisotopic (exact) mass is 365 g/mol. The Morgan fingerprint density at radius 3 is 2.77 bits per heavy atom. The van der Waals surface area contributed by atoms with Crippen LogP contribution in [0.3, 0.4) is 0 Å². The molecule has 2 unspecified atom stereocenters. The number of rotatable bonds is 4. The molecule has 0 N–H and O–H groups in total. The minimum absolute atomic E-state index is 0.155. The normalized spacial score (nSPS) is 17.5. The van der Waals surface area contributed by atoms with Crippen molar-refractivity contribution in [1.82, 2.24) is 9.55 Å². The molecule has 134 valence electrons. The van der Waals surface area contributed by atoms with Gasteiger partial charge in [0.2, 0.25) is 5.91 Å². The molecule has 0 saturated carbocycles. The average molecular weight is 366 g/mol. The van der Waals surface area contributed by atoms with Crippen LogP contribution in [0.15, 0.2) is 53.7 Å². The second kappa shape index (κ2) is 6.80. The molecule has 3 aromatic rings. The molecule has 2 heterocycles. The third-order valence-electron chi connectivity index (χ3n) is 5.01. The first-order valence-corrected chi connectivity index (χ1v) is 10.0. The minimum Gasteiger partial charge on any atom is -0.319 e. The van der Waals surface area contributed by atoms with Crippen molar-refractivity contribution in [2.24, 2.45) is 0 Å². The summed E-state index contributed by atoms with van der Waals surface area (Å²) in [5.41, 5.74) is 4.42. The van der Waals surface area contributed by atoms with Crippen LogP contribution in [0.5, 0.6) is 0 Å². The molecular formula is C21H23N3OS. The van der Waals surface area contributed by atoms with Crippen LogP contribution in [-0.4, -0.2) is 26.8 Å². The van der Waals surface area contributed by atoms with E-state index in [9.17, 15) is 4.79 Å². The molecule has 0 radical (unpaired) electrons. The van der Waals surface area contributed by atoms with Gasteiger partial charge in [-0.3, -0.25) is 4.79 Å². The smallest absolute Gasteiger partial charge is 0.240 e. The van der Waals surface area contributed by atoms with Crippen molar-refractivity contribution in [2.45, 2.75) is 50.2 Å². The van der Waals surface area contributed by atoms with E-state index in [0.717, 1.165) is 34.8 Å². The molecule has 1 amide bonds. The molecular weight excluding hydrogens is 342 g/mol. The Kier molecular flexibility index (Phi) is 4.49. The lowest BCUT2D eigenvalue weighted by Crippen LogP contribution is -2.40. The number of amides is 1. The number of benzene rings is 2. The molecule has 0 bridgehead atoms. The standard InChI is InChI=1S/C21H23N3OS/c1-4-23-19-12-8-6-10-17(19)22-21(23)26-15(3)20(25)24-14(2)13-16-9-5-7-11-18(16)24/h5-12,14-15H,4,13H2,1-3H3. The zero-order chi connectivity index (χ0) is 18.3. The van der Waals surface area contributed by atoms with E-state index in [4.69, 9.17) is 4.98 Å². The quantitative estimate of drug-likeness (QED) is 0.638. The Bertz CT molecular complexity index is 965. The van der Waals surface area contributed by atoms with E-state index in [1.54, 1.807) is 11.8 Å². The van der Waals surface area contributed by atoms with Crippen molar-refractivity contribution >= 4 is 34.4 Å². The number of nitrogens with zero attached hydrogens (tertiary/aromatic N) is 3. The molecule has 1 aliphatic heterocycles. The zero-order valence-corrected chi connectivity index (χ0v) is 16.2. The summed E-state index contributed by atoms with van der Waals surface area (Å²) in [6.07, 6.45) is 0.923. The first-order chi connectivity index (χ1) is 12.6. The molecule has 5 heteroatoms. The second-order valence-corrected chi connectivity index (χ2v) is 8.09. The zero-order valence-electron chi connectivity index (χ0n) is 15.3. The molecule has 1 aliphatic rings. The van der Waals surface area contributed by atoms with Crippen molar-refractivity contribution in [3.05, 3.63) is 54.1 Å². The van der Waals surface area contributed by atoms with Gasteiger partial charge >= 0.3 is 0 Å². The first-order valence-electron chi connectivity index (χ1n) is 9.13. The van der Waals surface area contributed by atoms with Crippen LogP contribution in [0.4, 0.5) is 5.69 Å². The number of hydrogen-bond donors (Lipinski definition) is 0. The Labute approximate surface area is 158 Å². The van der Waals surface area contributed by atoms with E-state index in [0.29, 0.717) is 0 Å². The first kappa shape index (κ1) is 17.2. The lowest BCUT2D eigenvalue weighted by molar-refractivity contribution is -0.118. The lowest BCUT2D eigenvalue weighted by atomic mass is 10.1. The number of aromatic nitrogens is 2. The van der Waals surface area contributed by atoms with Crippen molar-refractivity contribution in [1.29, 1.82) is 0 Å². The maximum atomic E-state index is 13.2. The highest BCUT2D eigenvalue weighted by Crippen LogP contribution is 2.35. The summed E-state index contributed by atoms with van der Waals surface area (Å²) in [6.45, 7) is 7.06. The highest BCUT2D eigenvalue weighted by Gasteiger charge is 2.33. The number of carbonyl (C=O) groups excluding carboxylic acids is 1. The number of fused-ring (bicyclic) bond motifs is 2. The number of aryl methyl sites for hydroxylation is 1. The third kappa shape index (κ3) is 2.80. The minimum atomic E-state index is -0.189. The lowest BCUT2D eigenvalue weighted by Gasteiger charge is -2.25. The fourth-order valence-electron chi connectivity index (χ4n) is 3.75. The summed E-state index contributed by atoms with van der Waals surface area (Å²) in [4.78, 5) is 19.9. The van der Waals surface area contributed by atoms with Gasteiger partial charge in [0.05, 0.1) is 16.3 Å². The van der Waals surface area contributed by atoms with Crippen molar-refractivity contribution in [3.8, 4) is 0 Å². The van der Waals surface area contributed by atoms with Crippen LogP contribution in [-0.2, 0) is 17.8 Å². The van der Waals surface area contributed by atoms with Gasteiger partial charge in [-0.05, 0) is 51.0 Å². The Hall–Kier alpha value is -2.27. The van der Waals surface area contributed by atoms with Gasteiger partial charge in [0, 0.05) is 18.3 Å². The Balaban J connectivity index is 1.61. The summed E-state index contributed by atoms with van der Waals surface area (Å²) in [7, 11) is 0. The molecule has 1 aromatic heterocycles. The predicted molar refractivity (Wildman–Crippen MR) is 108 cm³/mol. The fraction of sp³-hybridized carbons (Fsp3) is 0.333. The number of thioether (sulfide) groups is 1. The van der Waals surface area contributed by atoms with Gasteiger partial charge in [-0.25, -0.2) is 4.98 Å². The summed E-state index contributed by atoms with van der Waals surface area (Å²) in [6, 6.07) is 16.6. The van der Waals surface area contributed by atoms with E-state index in [1.165, 1.54) is 5.56 Å². The molecule has 26 heavy (non-hydrogen) atoms. The van der Waals surface area contributed by atoms with Gasteiger partial charge in [0.1, 0.15) is 0 Å². The fourth-order valence-corrected chi connectivity index (χ4v) is 4.79. The van der Waals surface area contributed by atoms with E-state index in [-0.39, 0.29) is 17.2 Å². The highest BCUT2D eigenvalue weighted by atomic mass is 32.2. The van der Waals surface area contributed by atoms with E-state index in [1.807, 2.05) is 42.2 Å². The molecule has 0 saturated heterocycles. The molecule has 0 fully saturated rings. The largest absolute Gasteiger partial charge is 0.319 e. The number of carbonyl (C=O) groups is 1. The molecule has 2 atom stereocenters. The topological polar surface area (TPSA) is 38.1 Å². The third-order valence-corrected chi connectivity index (χ3v) is 6.09. The van der Waals surface area contributed by atoms with Crippen LogP contribution < -0.4 is 4.90 Å². The van der Waals surface area contributed by atoms with Crippen LogP contribution in [0, 0.1) is 0 Å².